The molecule has 0 atom stereocenters. The van der Waals surface area contributed by atoms with Crippen LogP contribution in [0.4, 0.5) is 16.2 Å². The number of amides is 2. The number of benzene rings is 1. The minimum atomic E-state index is -0.248. The van der Waals surface area contributed by atoms with Gasteiger partial charge in [0.1, 0.15) is 0 Å². The first-order valence-corrected chi connectivity index (χ1v) is 5.85. The van der Waals surface area contributed by atoms with Gasteiger partial charge in [-0.1, -0.05) is 25.1 Å². The van der Waals surface area contributed by atoms with Crippen molar-refractivity contribution in [3.8, 4) is 0 Å². The number of carbonyl (C=O) groups is 1. The van der Waals surface area contributed by atoms with Gasteiger partial charge in [0, 0.05) is 23.8 Å². The zero-order chi connectivity index (χ0) is 12.8. The van der Waals surface area contributed by atoms with Crippen molar-refractivity contribution in [2.75, 3.05) is 10.6 Å². The Labute approximate surface area is 106 Å². The molecule has 0 fully saturated rings. The Morgan fingerprint density at radius 1 is 1.11 bits per heavy atom. The average molecular weight is 241 g/mol. The number of carbonyl (C=O) groups excluding carboxylic acids is 1. The van der Waals surface area contributed by atoms with Gasteiger partial charge in [-0.05, 0) is 30.2 Å². The van der Waals surface area contributed by atoms with Crippen LogP contribution in [-0.4, -0.2) is 11.0 Å². The van der Waals surface area contributed by atoms with Gasteiger partial charge in [0.05, 0.1) is 0 Å². The number of anilines is 2. The molecule has 2 aromatic rings. The van der Waals surface area contributed by atoms with Crippen LogP contribution in [0, 0.1) is 0 Å². The number of aryl methyl sites for hydroxylation is 1. The first-order chi connectivity index (χ1) is 8.79. The lowest BCUT2D eigenvalue weighted by Gasteiger charge is -2.10. The Hall–Kier alpha value is -2.36. The number of rotatable bonds is 3. The van der Waals surface area contributed by atoms with Crippen LogP contribution in [0.25, 0.3) is 0 Å². The van der Waals surface area contributed by atoms with E-state index in [1.807, 2.05) is 24.3 Å². The Balaban J connectivity index is 2.03. The first-order valence-electron chi connectivity index (χ1n) is 5.85. The summed E-state index contributed by atoms with van der Waals surface area (Å²) in [4.78, 5) is 15.7. The third-order valence-electron chi connectivity index (χ3n) is 2.58. The Morgan fingerprint density at radius 2 is 1.83 bits per heavy atom. The van der Waals surface area contributed by atoms with Gasteiger partial charge in [-0.25, -0.2) is 4.79 Å². The SMILES string of the molecule is CCc1ccccc1NC(=O)Nc1ccncc1. The Bertz CT molecular complexity index is 526. The number of hydrogen-bond donors (Lipinski definition) is 2. The summed E-state index contributed by atoms with van der Waals surface area (Å²) in [6.07, 6.45) is 4.15. The van der Waals surface area contributed by atoms with Gasteiger partial charge < -0.3 is 10.6 Å². The van der Waals surface area contributed by atoms with Gasteiger partial charge in [0.15, 0.2) is 0 Å². The van der Waals surface area contributed by atoms with Crippen LogP contribution in [0.2, 0.25) is 0 Å². The van der Waals surface area contributed by atoms with Crippen molar-refractivity contribution in [3.63, 3.8) is 0 Å². The highest BCUT2D eigenvalue weighted by Gasteiger charge is 2.05. The smallest absolute Gasteiger partial charge is 0.308 e. The summed E-state index contributed by atoms with van der Waals surface area (Å²) in [7, 11) is 0. The molecule has 0 aliphatic heterocycles. The van der Waals surface area contributed by atoms with E-state index < -0.39 is 0 Å². The summed E-state index contributed by atoms with van der Waals surface area (Å²) >= 11 is 0. The summed E-state index contributed by atoms with van der Waals surface area (Å²) < 4.78 is 0. The normalized spacial score (nSPS) is 9.83. The second-order valence-electron chi connectivity index (χ2n) is 3.83. The summed E-state index contributed by atoms with van der Waals surface area (Å²) in [5.41, 5.74) is 2.67. The fraction of sp³-hybridized carbons (Fsp3) is 0.143. The molecule has 1 aromatic heterocycles. The molecule has 1 heterocycles. The number of para-hydroxylation sites is 1. The van der Waals surface area contributed by atoms with Gasteiger partial charge in [0.25, 0.3) is 0 Å². The Morgan fingerprint density at radius 3 is 2.56 bits per heavy atom. The fourth-order valence-corrected chi connectivity index (χ4v) is 1.67. The highest BCUT2D eigenvalue weighted by Crippen LogP contribution is 2.15. The highest BCUT2D eigenvalue weighted by molar-refractivity contribution is 6.00. The van der Waals surface area contributed by atoms with Crippen LogP contribution in [0.1, 0.15) is 12.5 Å². The van der Waals surface area contributed by atoms with E-state index >= 15 is 0 Å². The van der Waals surface area contributed by atoms with E-state index in [0.717, 1.165) is 23.4 Å². The third-order valence-corrected chi connectivity index (χ3v) is 2.58. The molecule has 0 radical (unpaired) electrons. The molecule has 2 rings (SSSR count). The van der Waals surface area contributed by atoms with Gasteiger partial charge >= 0.3 is 6.03 Å². The fourth-order valence-electron chi connectivity index (χ4n) is 1.67. The summed E-state index contributed by atoms with van der Waals surface area (Å²) in [6, 6.07) is 11.0. The van der Waals surface area contributed by atoms with Crippen molar-refractivity contribution in [3.05, 3.63) is 54.4 Å². The van der Waals surface area contributed by atoms with Crippen LogP contribution >= 0.6 is 0 Å². The molecule has 0 saturated heterocycles. The van der Waals surface area contributed by atoms with Crippen LogP contribution in [0.3, 0.4) is 0 Å². The molecule has 0 bridgehead atoms. The minimum Gasteiger partial charge on any atom is -0.308 e. The maximum absolute atomic E-state index is 11.8. The van der Waals surface area contributed by atoms with Gasteiger partial charge in [-0.2, -0.15) is 0 Å². The average Bonchev–Trinajstić information content (AvgIpc) is 2.40. The topological polar surface area (TPSA) is 54.0 Å². The van der Waals surface area contributed by atoms with E-state index in [9.17, 15) is 4.79 Å². The van der Waals surface area contributed by atoms with Crippen molar-refractivity contribution in [2.24, 2.45) is 0 Å². The quantitative estimate of drug-likeness (QED) is 0.866. The lowest BCUT2D eigenvalue weighted by atomic mass is 10.1. The maximum atomic E-state index is 11.8. The number of nitrogens with one attached hydrogen (secondary N) is 2. The number of pyridine rings is 1. The molecule has 92 valence electrons. The molecule has 18 heavy (non-hydrogen) atoms. The molecule has 0 aliphatic rings. The molecule has 4 nitrogen and oxygen atoms in total. The standard InChI is InChI=1S/C14H15N3O/c1-2-11-5-3-4-6-13(11)17-14(18)16-12-7-9-15-10-8-12/h3-10H,2H2,1H3,(H2,15,16,17,18). The molecule has 2 amide bonds. The second kappa shape index (κ2) is 5.82. The van der Waals surface area contributed by atoms with E-state index in [0.29, 0.717) is 0 Å². The molecule has 0 saturated carbocycles. The number of nitrogens with zero attached hydrogens (tertiary/aromatic N) is 1. The summed E-state index contributed by atoms with van der Waals surface area (Å²) in [6.45, 7) is 2.06. The largest absolute Gasteiger partial charge is 0.323 e. The number of urea groups is 1. The second-order valence-corrected chi connectivity index (χ2v) is 3.83. The van der Waals surface area contributed by atoms with Crippen LogP contribution in [-0.2, 0) is 6.42 Å². The predicted molar refractivity (Wildman–Crippen MR) is 72.7 cm³/mol. The van der Waals surface area contributed by atoms with Crippen molar-refractivity contribution in [2.45, 2.75) is 13.3 Å². The molecular formula is C14H15N3O. The van der Waals surface area contributed by atoms with Crippen molar-refractivity contribution >= 4 is 17.4 Å². The van der Waals surface area contributed by atoms with E-state index in [2.05, 4.69) is 22.5 Å². The molecule has 0 unspecified atom stereocenters. The third kappa shape index (κ3) is 3.07. The lowest BCUT2D eigenvalue weighted by Crippen LogP contribution is -2.20. The van der Waals surface area contributed by atoms with Crippen LogP contribution in [0.15, 0.2) is 48.8 Å². The monoisotopic (exact) mass is 241 g/mol. The number of hydrogen-bond acceptors (Lipinski definition) is 2. The van der Waals surface area contributed by atoms with Gasteiger partial charge in [0.2, 0.25) is 0 Å². The predicted octanol–water partition coefficient (Wildman–Crippen LogP) is 3.29. The summed E-state index contributed by atoms with van der Waals surface area (Å²) in [5.74, 6) is 0. The zero-order valence-corrected chi connectivity index (χ0v) is 10.2. The number of aromatic nitrogens is 1. The molecule has 1 aromatic carbocycles. The summed E-state index contributed by atoms with van der Waals surface area (Å²) in [5, 5.41) is 5.59. The van der Waals surface area contributed by atoms with E-state index in [-0.39, 0.29) is 6.03 Å². The first kappa shape index (κ1) is 12.1. The van der Waals surface area contributed by atoms with Gasteiger partial charge in [-0.3, -0.25) is 4.98 Å². The van der Waals surface area contributed by atoms with Crippen LogP contribution < -0.4 is 10.6 Å². The van der Waals surface area contributed by atoms with Crippen molar-refractivity contribution < 1.29 is 4.79 Å². The lowest BCUT2D eigenvalue weighted by molar-refractivity contribution is 0.262. The van der Waals surface area contributed by atoms with Crippen molar-refractivity contribution in [1.82, 2.24) is 4.98 Å². The molecule has 0 spiro atoms. The minimum absolute atomic E-state index is 0.248. The molecule has 0 aliphatic carbocycles. The van der Waals surface area contributed by atoms with Gasteiger partial charge in [-0.15, -0.1) is 0 Å². The Kier molecular flexibility index (Phi) is 3.91. The van der Waals surface area contributed by atoms with E-state index in [1.54, 1.807) is 24.5 Å². The zero-order valence-electron chi connectivity index (χ0n) is 10.2. The van der Waals surface area contributed by atoms with Crippen molar-refractivity contribution in [1.29, 1.82) is 0 Å². The molecule has 4 heteroatoms. The van der Waals surface area contributed by atoms with E-state index in [4.69, 9.17) is 0 Å². The van der Waals surface area contributed by atoms with E-state index in [1.165, 1.54) is 0 Å². The molecule has 2 N–H and O–H groups in total. The van der Waals surface area contributed by atoms with Crippen LogP contribution in [0.5, 0.6) is 0 Å². The molecular weight excluding hydrogens is 226 g/mol. The maximum Gasteiger partial charge on any atom is 0.323 e. The highest BCUT2D eigenvalue weighted by atomic mass is 16.2.